The zero-order chi connectivity index (χ0) is 32.4. The van der Waals surface area contributed by atoms with E-state index >= 15 is 0 Å². The second-order valence-corrected chi connectivity index (χ2v) is 14.6. The average Bonchev–Trinajstić information content (AvgIpc) is 3.07. The molecule has 0 amide bonds. The van der Waals surface area contributed by atoms with Crippen LogP contribution in [-0.4, -0.2) is 0 Å². The van der Waals surface area contributed by atoms with Gasteiger partial charge in [0.2, 0.25) is 0 Å². The standard InChI is InChI=1S/C46H41N/c1-29(2)32-13-12-30(3)45(28-32)47(39-10-8-7-9-11-39)40-21-18-35-25-42-43-26-36-22-33(31-16-19-38(20-17-31)46(4,5)6)14-15-34(36)24-41(43)44(42)27-37(35)23-40/h7-29H,1-6H3. The lowest BCUT2D eigenvalue weighted by Crippen LogP contribution is -2.12. The molecule has 1 nitrogen and oxygen atoms in total. The van der Waals surface area contributed by atoms with E-state index in [2.05, 4.69) is 180 Å². The first-order chi connectivity index (χ1) is 22.6. The first kappa shape index (κ1) is 29.3. The van der Waals surface area contributed by atoms with Crippen LogP contribution in [0.4, 0.5) is 17.1 Å². The third-order valence-electron chi connectivity index (χ3n) is 10.0. The van der Waals surface area contributed by atoms with E-state index < -0.39 is 0 Å². The second kappa shape index (κ2) is 11.0. The van der Waals surface area contributed by atoms with E-state index in [0.29, 0.717) is 5.92 Å². The van der Waals surface area contributed by atoms with Crippen molar-refractivity contribution in [2.45, 2.75) is 52.9 Å². The Bertz CT molecular complexity index is 2300. The van der Waals surface area contributed by atoms with Crippen LogP contribution in [0.15, 0.2) is 133 Å². The van der Waals surface area contributed by atoms with Gasteiger partial charge in [0.1, 0.15) is 0 Å². The zero-order valence-corrected chi connectivity index (χ0v) is 28.2. The van der Waals surface area contributed by atoms with Gasteiger partial charge in [-0.3, -0.25) is 0 Å². The van der Waals surface area contributed by atoms with E-state index in [1.165, 1.54) is 88.7 Å². The van der Waals surface area contributed by atoms with Crippen molar-refractivity contribution in [3.8, 4) is 33.4 Å². The molecule has 0 radical (unpaired) electrons. The number of nitrogens with zero attached hydrogens (tertiary/aromatic N) is 1. The molecule has 8 rings (SSSR count). The van der Waals surface area contributed by atoms with Gasteiger partial charge in [0, 0.05) is 17.1 Å². The summed E-state index contributed by atoms with van der Waals surface area (Å²) in [4.78, 5) is 2.41. The Kier molecular flexibility index (Phi) is 6.84. The normalized spacial score (nSPS) is 12.2. The SMILES string of the molecule is Cc1ccc(C(C)C)cc1N(c1ccccc1)c1ccc2cc3c(cc2c1)-c1cc2ccc(-c4ccc(C(C)(C)C)cc4)cc2cc1-3. The van der Waals surface area contributed by atoms with Gasteiger partial charge in [-0.25, -0.2) is 0 Å². The van der Waals surface area contributed by atoms with Crippen LogP contribution in [0.5, 0.6) is 0 Å². The number of fused-ring (bicyclic) bond motifs is 6. The van der Waals surface area contributed by atoms with Crippen LogP contribution in [-0.2, 0) is 5.41 Å². The van der Waals surface area contributed by atoms with Crippen LogP contribution in [0.2, 0.25) is 0 Å². The molecule has 0 fully saturated rings. The van der Waals surface area contributed by atoms with E-state index in [1.807, 2.05) is 0 Å². The van der Waals surface area contributed by atoms with Gasteiger partial charge in [0.15, 0.2) is 0 Å². The first-order valence-corrected chi connectivity index (χ1v) is 16.9. The predicted molar refractivity (Wildman–Crippen MR) is 204 cm³/mol. The van der Waals surface area contributed by atoms with Crippen LogP contribution < -0.4 is 4.90 Å². The number of para-hydroxylation sites is 1. The first-order valence-electron chi connectivity index (χ1n) is 16.9. The second-order valence-electron chi connectivity index (χ2n) is 14.6. The molecule has 0 unspecified atom stereocenters. The molecule has 0 saturated heterocycles. The topological polar surface area (TPSA) is 3.24 Å². The lowest BCUT2D eigenvalue weighted by Gasteiger charge is -2.29. The highest BCUT2D eigenvalue weighted by atomic mass is 15.1. The fourth-order valence-electron chi connectivity index (χ4n) is 7.12. The van der Waals surface area contributed by atoms with Crippen LogP contribution in [0.25, 0.3) is 54.9 Å². The number of rotatable bonds is 5. The summed E-state index contributed by atoms with van der Waals surface area (Å²) in [5.74, 6) is 0.463. The van der Waals surface area contributed by atoms with Gasteiger partial charge in [-0.2, -0.15) is 0 Å². The highest BCUT2D eigenvalue weighted by Crippen LogP contribution is 2.51. The van der Waals surface area contributed by atoms with Crippen molar-refractivity contribution in [2.24, 2.45) is 0 Å². The van der Waals surface area contributed by atoms with E-state index in [9.17, 15) is 0 Å². The van der Waals surface area contributed by atoms with Crippen LogP contribution in [0.3, 0.4) is 0 Å². The van der Waals surface area contributed by atoms with E-state index in [4.69, 9.17) is 0 Å². The summed E-state index contributed by atoms with van der Waals surface area (Å²) in [5, 5.41) is 5.11. The quantitative estimate of drug-likeness (QED) is 0.188. The zero-order valence-electron chi connectivity index (χ0n) is 28.2. The Morgan fingerprint density at radius 3 is 1.68 bits per heavy atom. The summed E-state index contributed by atoms with van der Waals surface area (Å²) in [6, 6.07) is 50.1. The van der Waals surface area contributed by atoms with Gasteiger partial charge in [-0.15, -0.1) is 0 Å². The molecule has 230 valence electrons. The fourth-order valence-corrected chi connectivity index (χ4v) is 7.12. The number of aryl methyl sites for hydroxylation is 1. The summed E-state index contributed by atoms with van der Waals surface area (Å²) in [5.41, 5.74) is 15.6. The van der Waals surface area contributed by atoms with Crippen molar-refractivity contribution in [1.29, 1.82) is 0 Å². The maximum atomic E-state index is 2.41. The predicted octanol–water partition coefficient (Wildman–Crippen LogP) is 13.5. The molecule has 7 aromatic rings. The molecular formula is C46H41N. The highest BCUT2D eigenvalue weighted by molar-refractivity contribution is 6.12. The molecule has 0 spiro atoms. The summed E-state index contributed by atoms with van der Waals surface area (Å²) in [6.45, 7) is 13.5. The Labute approximate surface area is 279 Å². The molecule has 0 aromatic heterocycles. The van der Waals surface area contributed by atoms with Gasteiger partial charge >= 0.3 is 0 Å². The smallest absolute Gasteiger partial charge is 0.0493 e. The third kappa shape index (κ3) is 5.11. The molecule has 0 N–H and O–H groups in total. The van der Waals surface area contributed by atoms with E-state index in [-0.39, 0.29) is 5.41 Å². The fraction of sp³-hybridized carbons (Fsp3) is 0.174. The largest absolute Gasteiger partial charge is 0.310 e. The summed E-state index contributed by atoms with van der Waals surface area (Å²) in [7, 11) is 0. The monoisotopic (exact) mass is 607 g/mol. The number of benzene rings is 7. The lowest BCUT2D eigenvalue weighted by atomic mass is 9.77. The van der Waals surface area contributed by atoms with Crippen molar-refractivity contribution in [3.05, 3.63) is 150 Å². The number of hydrogen-bond donors (Lipinski definition) is 0. The minimum Gasteiger partial charge on any atom is -0.310 e. The Balaban J connectivity index is 1.18. The van der Waals surface area contributed by atoms with E-state index in [1.54, 1.807) is 0 Å². The Hall–Kier alpha value is -5.14. The van der Waals surface area contributed by atoms with Gasteiger partial charge in [-0.05, 0) is 151 Å². The molecule has 0 saturated carbocycles. The Morgan fingerprint density at radius 1 is 0.489 bits per heavy atom. The van der Waals surface area contributed by atoms with Crippen molar-refractivity contribution in [3.63, 3.8) is 0 Å². The van der Waals surface area contributed by atoms with Crippen molar-refractivity contribution in [1.82, 2.24) is 0 Å². The average molecular weight is 608 g/mol. The lowest BCUT2D eigenvalue weighted by molar-refractivity contribution is 0.590. The minimum absolute atomic E-state index is 0.156. The molecule has 0 heterocycles. The third-order valence-corrected chi connectivity index (χ3v) is 10.0. The van der Waals surface area contributed by atoms with Gasteiger partial charge < -0.3 is 4.90 Å². The summed E-state index contributed by atoms with van der Waals surface area (Å²) in [6.07, 6.45) is 0. The molecular weight excluding hydrogens is 567 g/mol. The molecule has 1 heteroatoms. The van der Waals surface area contributed by atoms with Gasteiger partial charge in [-0.1, -0.05) is 107 Å². The van der Waals surface area contributed by atoms with Crippen LogP contribution in [0.1, 0.15) is 57.2 Å². The van der Waals surface area contributed by atoms with Gasteiger partial charge in [0.05, 0.1) is 0 Å². The minimum atomic E-state index is 0.156. The maximum absolute atomic E-state index is 2.41. The highest BCUT2D eigenvalue weighted by Gasteiger charge is 2.25. The molecule has 0 bridgehead atoms. The van der Waals surface area contributed by atoms with Crippen LogP contribution in [0, 0.1) is 6.92 Å². The molecule has 1 aliphatic rings. The van der Waals surface area contributed by atoms with Crippen LogP contribution >= 0.6 is 0 Å². The van der Waals surface area contributed by atoms with Crippen molar-refractivity contribution >= 4 is 38.6 Å². The number of hydrogen-bond acceptors (Lipinski definition) is 1. The molecule has 47 heavy (non-hydrogen) atoms. The molecule has 1 aliphatic carbocycles. The number of anilines is 3. The molecule has 7 aromatic carbocycles. The van der Waals surface area contributed by atoms with E-state index in [0.717, 1.165) is 0 Å². The Morgan fingerprint density at radius 2 is 1.06 bits per heavy atom. The van der Waals surface area contributed by atoms with Crippen molar-refractivity contribution in [2.75, 3.05) is 4.90 Å². The maximum Gasteiger partial charge on any atom is 0.0493 e. The summed E-state index contributed by atoms with van der Waals surface area (Å²) >= 11 is 0. The van der Waals surface area contributed by atoms with Gasteiger partial charge in [0.25, 0.3) is 0 Å². The molecule has 0 atom stereocenters. The summed E-state index contributed by atoms with van der Waals surface area (Å²) < 4.78 is 0. The molecule has 0 aliphatic heterocycles. The van der Waals surface area contributed by atoms with Crippen molar-refractivity contribution < 1.29 is 0 Å².